The number of hydrogen-bond donors (Lipinski definition) is 0. The Balaban J connectivity index is 4.54. The molecule has 0 spiro atoms. The zero-order chi connectivity index (χ0) is 20.7. The van der Waals surface area contributed by atoms with Gasteiger partial charge in [-0.3, -0.25) is 9.80 Å². The van der Waals surface area contributed by atoms with Crippen LogP contribution in [0.1, 0.15) is 95.9 Å². The second kappa shape index (κ2) is 11.0. The summed E-state index contributed by atoms with van der Waals surface area (Å²) in [7, 11) is 0. The molecule has 0 saturated carbocycles. The van der Waals surface area contributed by atoms with Crippen LogP contribution in [0.25, 0.3) is 0 Å². The summed E-state index contributed by atoms with van der Waals surface area (Å²) in [5.41, 5.74) is 0.503. The van der Waals surface area contributed by atoms with Crippen LogP contribution in [0.2, 0.25) is 0 Å². The largest absolute Gasteiger partial charge is 0.301 e. The van der Waals surface area contributed by atoms with E-state index < -0.39 is 0 Å². The van der Waals surface area contributed by atoms with Crippen molar-refractivity contribution in [3.05, 3.63) is 0 Å². The van der Waals surface area contributed by atoms with Gasteiger partial charge in [0.1, 0.15) is 0 Å². The van der Waals surface area contributed by atoms with E-state index >= 15 is 0 Å². The van der Waals surface area contributed by atoms with Gasteiger partial charge in [0.15, 0.2) is 0 Å². The van der Waals surface area contributed by atoms with Crippen LogP contribution in [0, 0.1) is 0 Å². The Morgan fingerprint density at radius 3 is 1.00 bits per heavy atom. The first kappa shape index (κ1) is 25.9. The molecule has 158 valence electrons. The van der Waals surface area contributed by atoms with E-state index in [-0.39, 0.29) is 11.1 Å². The maximum Gasteiger partial charge on any atom is 0.0127 e. The third kappa shape index (κ3) is 9.71. The summed E-state index contributed by atoms with van der Waals surface area (Å²) in [6.45, 7) is 32.7. The zero-order valence-corrected chi connectivity index (χ0v) is 20.3. The predicted molar refractivity (Wildman–Crippen MR) is 119 cm³/mol. The van der Waals surface area contributed by atoms with Gasteiger partial charge in [-0.05, 0) is 109 Å². The normalized spacial score (nSPS) is 14.1. The third-order valence-electron chi connectivity index (χ3n) is 5.39. The first-order chi connectivity index (χ1) is 11.7. The minimum absolute atomic E-state index is 0.251. The molecular weight excluding hydrogens is 318 g/mol. The second-order valence-corrected chi connectivity index (χ2v) is 10.8. The summed E-state index contributed by atoms with van der Waals surface area (Å²) in [6.07, 6.45) is 2.50. The van der Waals surface area contributed by atoms with Crippen molar-refractivity contribution in [1.82, 2.24) is 14.7 Å². The molecule has 0 heterocycles. The lowest BCUT2D eigenvalue weighted by molar-refractivity contribution is 0.0812. The summed E-state index contributed by atoms with van der Waals surface area (Å²) in [5, 5.41) is 0. The minimum atomic E-state index is 0.251. The maximum absolute atomic E-state index is 2.67. The quantitative estimate of drug-likeness (QED) is 0.476. The molecule has 0 rings (SSSR count). The number of nitrogens with zero attached hydrogens (tertiary/aromatic N) is 3. The van der Waals surface area contributed by atoms with Crippen molar-refractivity contribution in [3.63, 3.8) is 0 Å². The molecule has 0 bridgehead atoms. The van der Waals surface area contributed by atoms with Crippen molar-refractivity contribution in [2.45, 2.75) is 125 Å². The van der Waals surface area contributed by atoms with E-state index in [1.54, 1.807) is 0 Å². The van der Waals surface area contributed by atoms with Gasteiger partial charge in [-0.2, -0.15) is 0 Å². The van der Waals surface area contributed by atoms with E-state index in [2.05, 4.69) is 97.8 Å². The Kier molecular flexibility index (Phi) is 11.0. The molecule has 0 fully saturated rings. The Bertz CT molecular complexity index is 329. The van der Waals surface area contributed by atoms with Crippen molar-refractivity contribution in [3.8, 4) is 0 Å². The summed E-state index contributed by atoms with van der Waals surface area (Å²) < 4.78 is 0. The summed E-state index contributed by atoms with van der Waals surface area (Å²) >= 11 is 0. The second-order valence-electron chi connectivity index (χ2n) is 10.8. The van der Waals surface area contributed by atoms with Gasteiger partial charge in [-0.1, -0.05) is 0 Å². The monoisotopic (exact) mass is 369 g/mol. The molecule has 0 amide bonds. The third-order valence-corrected chi connectivity index (χ3v) is 5.39. The molecular formula is C23H51N3. The van der Waals surface area contributed by atoms with E-state index in [1.165, 1.54) is 39.0 Å². The highest BCUT2D eigenvalue weighted by Crippen LogP contribution is 2.19. The fraction of sp³-hybridized carbons (Fsp3) is 1.00. The Morgan fingerprint density at radius 1 is 0.500 bits per heavy atom. The van der Waals surface area contributed by atoms with E-state index in [4.69, 9.17) is 0 Å². The van der Waals surface area contributed by atoms with Crippen LogP contribution in [-0.4, -0.2) is 70.1 Å². The van der Waals surface area contributed by atoms with E-state index in [0.29, 0.717) is 18.1 Å². The minimum Gasteiger partial charge on any atom is -0.301 e. The molecule has 0 unspecified atom stereocenters. The maximum atomic E-state index is 2.67. The molecule has 0 aliphatic heterocycles. The highest BCUT2D eigenvalue weighted by molar-refractivity contribution is 4.81. The standard InChI is InChI=1S/C23H51N3/c1-19(2)24(15-13-17-25(20(3)4)22(7,8)9)16-14-18-26(21(5)6)23(10,11)12/h19-21H,13-18H2,1-12H3. The molecule has 0 N–H and O–H groups in total. The van der Waals surface area contributed by atoms with Gasteiger partial charge in [0.05, 0.1) is 0 Å². The fourth-order valence-corrected chi connectivity index (χ4v) is 4.25. The first-order valence-electron chi connectivity index (χ1n) is 11.0. The number of rotatable bonds is 11. The van der Waals surface area contributed by atoms with Gasteiger partial charge in [-0.25, -0.2) is 0 Å². The van der Waals surface area contributed by atoms with Crippen LogP contribution in [0.3, 0.4) is 0 Å². The molecule has 0 aromatic heterocycles. The highest BCUT2D eigenvalue weighted by Gasteiger charge is 2.25. The van der Waals surface area contributed by atoms with Crippen molar-refractivity contribution in [1.29, 1.82) is 0 Å². The SMILES string of the molecule is CC(C)N(CCCN(C(C)C)C(C)(C)C)CCCN(C(C)C)C(C)(C)C. The van der Waals surface area contributed by atoms with Crippen molar-refractivity contribution >= 4 is 0 Å². The van der Waals surface area contributed by atoms with Gasteiger partial charge in [0.2, 0.25) is 0 Å². The molecule has 0 aromatic rings. The fourth-order valence-electron chi connectivity index (χ4n) is 4.25. The van der Waals surface area contributed by atoms with Crippen LogP contribution >= 0.6 is 0 Å². The lowest BCUT2D eigenvalue weighted by atomic mass is 10.0. The summed E-state index contributed by atoms with van der Waals surface area (Å²) in [6, 6.07) is 1.84. The molecule has 0 aromatic carbocycles. The molecule has 0 radical (unpaired) electrons. The Morgan fingerprint density at radius 2 is 0.808 bits per heavy atom. The lowest BCUT2D eigenvalue weighted by Gasteiger charge is -2.40. The summed E-state index contributed by atoms with van der Waals surface area (Å²) in [4.78, 5) is 7.93. The molecule has 0 aliphatic rings. The topological polar surface area (TPSA) is 9.72 Å². The first-order valence-corrected chi connectivity index (χ1v) is 11.0. The highest BCUT2D eigenvalue weighted by atomic mass is 15.2. The van der Waals surface area contributed by atoms with Gasteiger partial charge in [0.25, 0.3) is 0 Å². The average molecular weight is 370 g/mol. The lowest BCUT2D eigenvalue weighted by Crippen LogP contribution is -2.48. The van der Waals surface area contributed by atoms with Crippen molar-refractivity contribution in [2.75, 3.05) is 26.2 Å². The number of hydrogen-bond acceptors (Lipinski definition) is 3. The predicted octanol–water partition coefficient (Wildman–Crippen LogP) is 5.49. The molecule has 3 heteroatoms. The van der Waals surface area contributed by atoms with Crippen LogP contribution in [-0.2, 0) is 0 Å². The molecule has 26 heavy (non-hydrogen) atoms. The van der Waals surface area contributed by atoms with Crippen molar-refractivity contribution < 1.29 is 0 Å². The molecule has 0 aliphatic carbocycles. The van der Waals surface area contributed by atoms with Gasteiger partial charge >= 0.3 is 0 Å². The van der Waals surface area contributed by atoms with E-state index in [9.17, 15) is 0 Å². The van der Waals surface area contributed by atoms with Gasteiger partial charge in [-0.15, -0.1) is 0 Å². The van der Waals surface area contributed by atoms with Crippen LogP contribution in [0.15, 0.2) is 0 Å². The van der Waals surface area contributed by atoms with Gasteiger partial charge in [0, 0.05) is 42.3 Å². The van der Waals surface area contributed by atoms with Gasteiger partial charge < -0.3 is 4.90 Å². The van der Waals surface area contributed by atoms with E-state index in [1.807, 2.05) is 0 Å². The smallest absolute Gasteiger partial charge is 0.0127 e. The summed E-state index contributed by atoms with van der Waals surface area (Å²) in [5.74, 6) is 0. The molecule has 0 saturated heterocycles. The zero-order valence-electron chi connectivity index (χ0n) is 20.3. The molecule has 0 atom stereocenters. The van der Waals surface area contributed by atoms with Crippen LogP contribution in [0.5, 0.6) is 0 Å². The Labute approximate surface area is 166 Å². The van der Waals surface area contributed by atoms with E-state index in [0.717, 1.165) is 0 Å². The van der Waals surface area contributed by atoms with Crippen LogP contribution < -0.4 is 0 Å². The average Bonchev–Trinajstić information content (AvgIpc) is 2.41. The molecule has 3 nitrogen and oxygen atoms in total. The van der Waals surface area contributed by atoms with Crippen LogP contribution in [0.4, 0.5) is 0 Å². The Hall–Kier alpha value is -0.120. The van der Waals surface area contributed by atoms with Crippen molar-refractivity contribution in [2.24, 2.45) is 0 Å².